The summed E-state index contributed by atoms with van der Waals surface area (Å²) in [4.78, 5) is 2.42. The highest BCUT2D eigenvalue weighted by Crippen LogP contribution is 2.35. The molecule has 5 heteroatoms. The van der Waals surface area contributed by atoms with Crippen molar-refractivity contribution in [3.05, 3.63) is 4.77 Å². The van der Waals surface area contributed by atoms with E-state index in [4.69, 9.17) is 12.2 Å². The van der Waals surface area contributed by atoms with Crippen molar-refractivity contribution in [1.29, 1.82) is 0 Å². The molecule has 0 aliphatic heterocycles. The van der Waals surface area contributed by atoms with E-state index in [2.05, 4.69) is 15.1 Å². The van der Waals surface area contributed by atoms with Gasteiger partial charge < -0.3 is 4.90 Å². The second kappa shape index (κ2) is 3.87. The minimum absolute atomic E-state index is 0.714. The summed E-state index contributed by atoms with van der Waals surface area (Å²) in [5, 5.41) is 7.23. The zero-order valence-electron chi connectivity index (χ0n) is 9.65. The van der Waals surface area contributed by atoms with E-state index in [-0.39, 0.29) is 0 Å². The lowest BCUT2D eigenvalue weighted by Gasteiger charge is -2.22. The summed E-state index contributed by atoms with van der Waals surface area (Å²) in [6, 6.07) is 0. The molecule has 0 bridgehead atoms. The van der Waals surface area contributed by atoms with Crippen molar-refractivity contribution in [1.82, 2.24) is 14.8 Å². The van der Waals surface area contributed by atoms with Crippen LogP contribution in [-0.4, -0.2) is 27.9 Å². The van der Waals surface area contributed by atoms with E-state index in [0.717, 1.165) is 30.9 Å². The molecule has 88 valence electrons. The van der Waals surface area contributed by atoms with Gasteiger partial charge in [-0.3, -0.25) is 4.57 Å². The minimum atomic E-state index is 0.714. The van der Waals surface area contributed by atoms with Gasteiger partial charge in [-0.1, -0.05) is 0 Å². The third kappa shape index (κ3) is 2.14. The van der Waals surface area contributed by atoms with Crippen molar-refractivity contribution in [2.24, 2.45) is 18.9 Å². The van der Waals surface area contributed by atoms with Crippen molar-refractivity contribution in [3.63, 3.8) is 0 Å². The zero-order valence-corrected chi connectivity index (χ0v) is 10.5. The number of aromatic nitrogens is 3. The van der Waals surface area contributed by atoms with Gasteiger partial charge in [-0.2, -0.15) is 0 Å². The maximum Gasteiger partial charge on any atom is 0.225 e. The predicted octanol–water partition coefficient (Wildman–Crippen LogP) is 2.10. The van der Waals surface area contributed by atoms with Gasteiger partial charge in [-0.25, -0.2) is 5.10 Å². The van der Waals surface area contributed by atoms with Crippen LogP contribution < -0.4 is 4.90 Å². The maximum atomic E-state index is 5.17. The monoisotopic (exact) mass is 238 g/mol. The number of nitrogens with zero attached hydrogens (tertiary/aromatic N) is 3. The molecular weight excluding hydrogens is 220 g/mol. The molecule has 2 aliphatic carbocycles. The second-order valence-electron chi connectivity index (χ2n) is 5.18. The maximum absolute atomic E-state index is 5.17. The summed E-state index contributed by atoms with van der Waals surface area (Å²) >= 11 is 5.17. The van der Waals surface area contributed by atoms with E-state index < -0.39 is 0 Å². The SMILES string of the molecule is Cn1c(N(CC2CC2)CC2CC2)n[nH]c1=S. The molecule has 3 rings (SSSR count). The highest BCUT2D eigenvalue weighted by atomic mass is 32.1. The molecule has 1 heterocycles. The van der Waals surface area contributed by atoms with E-state index in [1.807, 2.05) is 11.6 Å². The highest BCUT2D eigenvalue weighted by molar-refractivity contribution is 7.71. The molecule has 1 aromatic heterocycles. The zero-order chi connectivity index (χ0) is 11.1. The lowest BCUT2D eigenvalue weighted by atomic mass is 10.3. The molecular formula is C11H18N4S. The second-order valence-corrected chi connectivity index (χ2v) is 5.57. The molecule has 0 spiro atoms. The van der Waals surface area contributed by atoms with Gasteiger partial charge in [0.2, 0.25) is 5.95 Å². The summed E-state index contributed by atoms with van der Waals surface area (Å²) in [5.41, 5.74) is 0. The topological polar surface area (TPSA) is 36.9 Å². The quantitative estimate of drug-likeness (QED) is 0.798. The largest absolute Gasteiger partial charge is 0.340 e. The molecule has 0 aromatic carbocycles. The van der Waals surface area contributed by atoms with Crippen LogP contribution in [0.4, 0.5) is 5.95 Å². The van der Waals surface area contributed by atoms with E-state index in [1.54, 1.807) is 0 Å². The number of H-pyrrole nitrogens is 1. The van der Waals surface area contributed by atoms with Crippen molar-refractivity contribution in [2.45, 2.75) is 25.7 Å². The molecule has 2 fully saturated rings. The Balaban J connectivity index is 1.78. The van der Waals surface area contributed by atoms with Gasteiger partial charge in [0.05, 0.1) is 0 Å². The average Bonchev–Trinajstić information content (AvgIpc) is 3.13. The van der Waals surface area contributed by atoms with E-state index in [9.17, 15) is 0 Å². The Hall–Kier alpha value is -0.840. The number of nitrogens with one attached hydrogen (secondary N) is 1. The molecule has 1 N–H and O–H groups in total. The van der Waals surface area contributed by atoms with Crippen LogP contribution in [0.15, 0.2) is 0 Å². The molecule has 1 aromatic rings. The van der Waals surface area contributed by atoms with Crippen LogP contribution in [0.5, 0.6) is 0 Å². The van der Waals surface area contributed by atoms with Crippen molar-refractivity contribution < 1.29 is 0 Å². The van der Waals surface area contributed by atoms with Gasteiger partial charge in [-0.15, -0.1) is 5.10 Å². The Morgan fingerprint density at radius 2 is 1.88 bits per heavy atom. The fourth-order valence-electron chi connectivity index (χ4n) is 2.08. The average molecular weight is 238 g/mol. The Kier molecular flexibility index (Phi) is 2.50. The first-order valence-electron chi connectivity index (χ1n) is 6.10. The van der Waals surface area contributed by atoms with Gasteiger partial charge >= 0.3 is 0 Å². The van der Waals surface area contributed by atoms with Gasteiger partial charge in [-0.05, 0) is 49.7 Å². The summed E-state index contributed by atoms with van der Waals surface area (Å²) < 4.78 is 2.70. The molecule has 2 aliphatic rings. The molecule has 0 atom stereocenters. The Bertz CT molecular complexity index is 413. The first-order chi connectivity index (χ1) is 7.74. The summed E-state index contributed by atoms with van der Waals surface area (Å²) in [6.45, 7) is 2.31. The van der Waals surface area contributed by atoms with Crippen LogP contribution in [0.25, 0.3) is 0 Å². The van der Waals surface area contributed by atoms with Gasteiger partial charge in [0, 0.05) is 20.1 Å². The van der Waals surface area contributed by atoms with Crippen molar-refractivity contribution in [3.8, 4) is 0 Å². The highest BCUT2D eigenvalue weighted by Gasteiger charge is 2.30. The van der Waals surface area contributed by atoms with Crippen LogP contribution in [0.3, 0.4) is 0 Å². The van der Waals surface area contributed by atoms with E-state index in [1.165, 1.54) is 25.7 Å². The molecule has 0 amide bonds. The Morgan fingerprint density at radius 3 is 2.25 bits per heavy atom. The first kappa shape index (κ1) is 10.3. The van der Waals surface area contributed by atoms with Crippen LogP contribution in [0.1, 0.15) is 25.7 Å². The van der Waals surface area contributed by atoms with Crippen molar-refractivity contribution in [2.75, 3.05) is 18.0 Å². The van der Waals surface area contributed by atoms with Gasteiger partial charge in [0.15, 0.2) is 4.77 Å². The lowest BCUT2D eigenvalue weighted by Crippen LogP contribution is -2.30. The van der Waals surface area contributed by atoms with Crippen LogP contribution in [0.2, 0.25) is 0 Å². The number of aromatic amines is 1. The fraction of sp³-hybridized carbons (Fsp3) is 0.818. The van der Waals surface area contributed by atoms with Crippen LogP contribution >= 0.6 is 12.2 Å². The third-order valence-corrected chi connectivity index (χ3v) is 3.86. The normalized spacial score (nSPS) is 20.1. The smallest absolute Gasteiger partial charge is 0.225 e. The van der Waals surface area contributed by atoms with Gasteiger partial charge in [0.1, 0.15) is 0 Å². The first-order valence-corrected chi connectivity index (χ1v) is 6.51. The molecule has 4 nitrogen and oxygen atoms in total. The molecule has 0 unspecified atom stereocenters. The number of anilines is 1. The van der Waals surface area contributed by atoms with E-state index in [0.29, 0.717) is 4.77 Å². The summed E-state index contributed by atoms with van der Waals surface area (Å²) in [6.07, 6.45) is 5.54. The van der Waals surface area contributed by atoms with Crippen molar-refractivity contribution >= 4 is 18.2 Å². The summed E-state index contributed by atoms with van der Waals surface area (Å²) in [5.74, 6) is 2.80. The third-order valence-electron chi connectivity index (χ3n) is 3.49. The number of rotatable bonds is 5. The fourth-order valence-corrected chi connectivity index (χ4v) is 2.21. The van der Waals surface area contributed by atoms with Gasteiger partial charge in [0.25, 0.3) is 0 Å². The number of hydrogen-bond donors (Lipinski definition) is 1. The predicted molar refractivity (Wildman–Crippen MR) is 66.1 cm³/mol. The molecule has 0 radical (unpaired) electrons. The van der Waals surface area contributed by atoms with E-state index >= 15 is 0 Å². The molecule has 2 saturated carbocycles. The minimum Gasteiger partial charge on any atom is -0.340 e. The standard InChI is InChI=1S/C11H18N4S/c1-14-10(12-13-11(14)16)15(6-8-2-3-8)7-9-4-5-9/h8-9H,2-7H2,1H3,(H,13,16). The lowest BCUT2D eigenvalue weighted by molar-refractivity contribution is 0.647. The van der Waals surface area contributed by atoms with Crippen LogP contribution in [0, 0.1) is 16.6 Å². The van der Waals surface area contributed by atoms with Crippen LogP contribution in [-0.2, 0) is 7.05 Å². The Morgan fingerprint density at radius 1 is 1.31 bits per heavy atom. The molecule has 0 saturated heterocycles. The summed E-state index contributed by atoms with van der Waals surface area (Å²) in [7, 11) is 1.99. The Labute approximate surface area is 101 Å². The number of hydrogen-bond acceptors (Lipinski definition) is 3. The molecule has 16 heavy (non-hydrogen) atoms.